The third-order valence-corrected chi connectivity index (χ3v) is 5.94. The van der Waals surface area contributed by atoms with Crippen LogP contribution < -0.4 is 0 Å². The first-order valence-electron chi connectivity index (χ1n) is 11.9. The first kappa shape index (κ1) is 28.1. The summed E-state index contributed by atoms with van der Waals surface area (Å²) in [6.07, 6.45) is 16.6. The van der Waals surface area contributed by atoms with Crippen LogP contribution in [-0.4, -0.2) is 0 Å². The molecule has 0 nitrogen and oxygen atoms in total. The van der Waals surface area contributed by atoms with Crippen molar-refractivity contribution >= 4 is 12.6 Å². The molecule has 0 fully saturated rings. The topological polar surface area (TPSA) is 0 Å². The van der Waals surface area contributed by atoms with Gasteiger partial charge in [0, 0.05) is 5.92 Å². The molecule has 0 heterocycles. The maximum Gasteiger partial charge on any atom is 0.0114 e. The van der Waals surface area contributed by atoms with E-state index in [0.29, 0.717) is 11.8 Å². The van der Waals surface area contributed by atoms with Crippen molar-refractivity contribution in [3.63, 3.8) is 0 Å². The fraction of sp³-hybridized carbons (Fsp3) is 0.643. The first-order chi connectivity index (χ1) is 13.8. The van der Waals surface area contributed by atoms with E-state index in [9.17, 15) is 0 Å². The van der Waals surface area contributed by atoms with Gasteiger partial charge in [-0.2, -0.15) is 0 Å². The van der Waals surface area contributed by atoms with Crippen LogP contribution in [0.4, 0.5) is 0 Å². The highest BCUT2D eigenvalue weighted by atomic mass is 32.1. The molecular formula is C28H48S. The summed E-state index contributed by atoms with van der Waals surface area (Å²) >= 11 is 5.03. The molecule has 0 radical (unpaired) electrons. The zero-order chi connectivity index (χ0) is 22.4. The number of rotatable bonds is 11. The van der Waals surface area contributed by atoms with Crippen LogP contribution in [-0.2, 0) is 0 Å². The molecule has 0 spiro atoms. The van der Waals surface area contributed by atoms with E-state index in [2.05, 4.69) is 66.3 Å². The quantitative estimate of drug-likeness (QED) is 0.193. The van der Waals surface area contributed by atoms with Crippen LogP contribution in [0.25, 0.3) is 0 Å². The van der Waals surface area contributed by atoms with E-state index in [-0.39, 0.29) is 0 Å². The molecule has 1 aliphatic carbocycles. The van der Waals surface area contributed by atoms with Crippen molar-refractivity contribution in [1.82, 2.24) is 0 Å². The van der Waals surface area contributed by atoms with Crippen LogP contribution in [0.1, 0.15) is 107 Å². The molecule has 1 atom stereocenters. The molecule has 1 unspecified atom stereocenters. The molecule has 1 aliphatic rings. The predicted molar refractivity (Wildman–Crippen MR) is 139 cm³/mol. The lowest BCUT2D eigenvalue weighted by Crippen LogP contribution is -2.15. The van der Waals surface area contributed by atoms with Crippen molar-refractivity contribution in [2.24, 2.45) is 11.8 Å². The fourth-order valence-electron chi connectivity index (χ4n) is 3.72. The molecule has 0 aromatic carbocycles. The van der Waals surface area contributed by atoms with Gasteiger partial charge in [-0.1, -0.05) is 89.0 Å². The van der Waals surface area contributed by atoms with Gasteiger partial charge in [0.15, 0.2) is 0 Å². The van der Waals surface area contributed by atoms with E-state index in [4.69, 9.17) is 12.6 Å². The largest absolute Gasteiger partial charge is 0.147 e. The molecule has 0 saturated heterocycles. The zero-order valence-corrected chi connectivity index (χ0v) is 21.6. The highest BCUT2D eigenvalue weighted by molar-refractivity contribution is 7.84. The smallest absolute Gasteiger partial charge is 0.0114 e. The van der Waals surface area contributed by atoms with E-state index in [1.165, 1.54) is 59.3 Å². The SMILES string of the molecule is C=C1C=C(CCCCC)C(CC(C)C)C(S)=C1C/C=C(\C)CCC=C(C)C.CC. The summed E-state index contributed by atoms with van der Waals surface area (Å²) in [6.45, 7) is 21.9. The average Bonchev–Trinajstić information content (AvgIpc) is 2.65. The molecule has 1 heteroatoms. The number of allylic oxidation sites excluding steroid dienone is 9. The highest BCUT2D eigenvalue weighted by Crippen LogP contribution is 2.42. The Morgan fingerprint density at radius 3 is 2.34 bits per heavy atom. The van der Waals surface area contributed by atoms with Gasteiger partial charge in [-0.25, -0.2) is 0 Å². The fourth-order valence-corrected chi connectivity index (χ4v) is 4.23. The van der Waals surface area contributed by atoms with Crippen molar-refractivity contribution in [2.75, 3.05) is 0 Å². The Labute approximate surface area is 188 Å². The van der Waals surface area contributed by atoms with Crippen LogP contribution in [0.3, 0.4) is 0 Å². The van der Waals surface area contributed by atoms with Crippen molar-refractivity contribution in [2.45, 2.75) is 107 Å². The number of hydrogen-bond donors (Lipinski definition) is 1. The molecule has 166 valence electrons. The van der Waals surface area contributed by atoms with Gasteiger partial charge < -0.3 is 0 Å². The minimum atomic E-state index is 0.491. The number of hydrogen-bond acceptors (Lipinski definition) is 1. The molecule has 0 bridgehead atoms. The summed E-state index contributed by atoms with van der Waals surface area (Å²) in [6, 6.07) is 0. The molecule has 0 amide bonds. The Morgan fingerprint density at radius 2 is 1.79 bits per heavy atom. The predicted octanol–water partition coefficient (Wildman–Crippen LogP) is 10.0. The minimum absolute atomic E-state index is 0.491. The van der Waals surface area contributed by atoms with E-state index in [1.54, 1.807) is 5.57 Å². The maximum absolute atomic E-state index is 5.03. The first-order valence-corrected chi connectivity index (χ1v) is 12.3. The summed E-state index contributed by atoms with van der Waals surface area (Å²) in [5.41, 5.74) is 6.96. The van der Waals surface area contributed by atoms with Gasteiger partial charge in [0.1, 0.15) is 0 Å². The lowest BCUT2D eigenvalue weighted by atomic mass is 9.79. The van der Waals surface area contributed by atoms with Crippen LogP contribution in [0, 0.1) is 11.8 Å². The molecule has 0 aromatic heterocycles. The molecule has 0 N–H and O–H groups in total. The second-order valence-electron chi connectivity index (χ2n) is 8.82. The van der Waals surface area contributed by atoms with E-state index in [0.717, 1.165) is 19.3 Å². The lowest BCUT2D eigenvalue weighted by Gasteiger charge is -2.30. The van der Waals surface area contributed by atoms with Gasteiger partial charge in [0.05, 0.1) is 0 Å². The summed E-state index contributed by atoms with van der Waals surface area (Å²) < 4.78 is 0. The molecule has 0 saturated carbocycles. The molecule has 1 rings (SSSR count). The van der Waals surface area contributed by atoms with Crippen molar-refractivity contribution in [3.05, 3.63) is 57.6 Å². The van der Waals surface area contributed by atoms with Crippen LogP contribution in [0.2, 0.25) is 0 Å². The lowest BCUT2D eigenvalue weighted by molar-refractivity contribution is 0.494. The Hall–Kier alpha value is -0.950. The summed E-state index contributed by atoms with van der Waals surface area (Å²) in [7, 11) is 0. The van der Waals surface area contributed by atoms with E-state index >= 15 is 0 Å². The van der Waals surface area contributed by atoms with Gasteiger partial charge in [0.2, 0.25) is 0 Å². The van der Waals surface area contributed by atoms with Crippen molar-refractivity contribution in [3.8, 4) is 0 Å². The minimum Gasteiger partial charge on any atom is -0.147 e. The third kappa shape index (κ3) is 11.1. The average molecular weight is 417 g/mol. The van der Waals surface area contributed by atoms with Gasteiger partial charge in [-0.05, 0) is 81.3 Å². The Kier molecular flexibility index (Phi) is 15.3. The maximum atomic E-state index is 5.03. The summed E-state index contributed by atoms with van der Waals surface area (Å²) in [4.78, 5) is 1.27. The van der Waals surface area contributed by atoms with Crippen molar-refractivity contribution < 1.29 is 0 Å². The van der Waals surface area contributed by atoms with Gasteiger partial charge in [0.25, 0.3) is 0 Å². The Bertz CT molecular complexity index is 606. The zero-order valence-electron chi connectivity index (χ0n) is 20.7. The molecular weight excluding hydrogens is 368 g/mol. The van der Waals surface area contributed by atoms with Crippen LogP contribution in [0.5, 0.6) is 0 Å². The van der Waals surface area contributed by atoms with Crippen molar-refractivity contribution in [1.29, 1.82) is 0 Å². The van der Waals surface area contributed by atoms with E-state index in [1.807, 2.05) is 13.8 Å². The standard InChI is InChI=1S/C26H42S.C2H6/c1-8-9-10-14-23-18-22(7)24(26(27)25(23)17-20(4)5)16-15-21(6)13-11-12-19(2)3;1-2/h12,15,18,20,25,27H,7-11,13-14,16-17H2,1-6H3;1-2H3/b21-15+;. The van der Waals surface area contributed by atoms with Gasteiger partial charge >= 0.3 is 0 Å². The molecule has 29 heavy (non-hydrogen) atoms. The monoisotopic (exact) mass is 416 g/mol. The Balaban J connectivity index is 0.00000379. The van der Waals surface area contributed by atoms with Crippen LogP contribution in [0.15, 0.2) is 57.6 Å². The third-order valence-electron chi connectivity index (χ3n) is 5.36. The van der Waals surface area contributed by atoms with E-state index < -0.39 is 0 Å². The summed E-state index contributed by atoms with van der Waals surface area (Å²) in [5.74, 6) is 1.17. The highest BCUT2D eigenvalue weighted by Gasteiger charge is 2.25. The summed E-state index contributed by atoms with van der Waals surface area (Å²) in [5, 5.41) is 0. The second kappa shape index (κ2) is 15.8. The van der Waals surface area contributed by atoms with Gasteiger partial charge in [-0.3, -0.25) is 0 Å². The molecule has 0 aromatic rings. The normalized spacial score (nSPS) is 17.2. The second-order valence-corrected chi connectivity index (χ2v) is 9.30. The Morgan fingerprint density at radius 1 is 1.14 bits per heavy atom. The van der Waals surface area contributed by atoms with Gasteiger partial charge in [-0.15, -0.1) is 12.6 Å². The molecule has 0 aliphatic heterocycles. The number of unbranched alkanes of at least 4 members (excludes halogenated alkanes) is 2. The number of thiol groups is 1. The van der Waals surface area contributed by atoms with Crippen LogP contribution >= 0.6 is 12.6 Å².